The van der Waals surface area contributed by atoms with Gasteiger partial charge in [0.25, 0.3) is 0 Å². The van der Waals surface area contributed by atoms with E-state index in [1.54, 1.807) is 0 Å². The minimum absolute atomic E-state index is 0.628. The highest BCUT2D eigenvalue weighted by Gasteiger charge is 2.15. The molecule has 0 atom stereocenters. The lowest BCUT2D eigenvalue weighted by atomic mass is 9.93. The number of aryl methyl sites for hydroxylation is 2. The molecule has 9 rings (SSSR count). The minimum atomic E-state index is 0.628. The molecule has 0 aliphatic heterocycles. The fraction of sp³-hybridized carbons (Fsp3) is 0.0400. The summed E-state index contributed by atoms with van der Waals surface area (Å²) in [6.07, 6.45) is 0. The predicted octanol–water partition coefficient (Wildman–Crippen LogP) is 12.7. The SMILES string of the molecule is Cc1cc(-c2ccc(-c3ccc(-c4cc(-c5ccc6ccccc6c5)cc(-c5nc(-c6ccccc6)nc(-c6ccccc6)n5)c4)cc3)cc2)cc(C)n1. The number of benzene rings is 7. The van der Waals surface area contributed by atoms with Gasteiger partial charge in [0.1, 0.15) is 0 Å². The van der Waals surface area contributed by atoms with Gasteiger partial charge in [0.05, 0.1) is 0 Å². The second-order valence-electron chi connectivity index (χ2n) is 13.7. The lowest BCUT2D eigenvalue weighted by molar-refractivity contribution is 1.07. The molecule has 0 aliphatic carbocycles. The maximum atomic E-state index is 5.09. The molecule has 4 nitrogen and oxygen atoms in total. The van der Waals surface area contributed by atoms with Crippen LogP contribution in [0.5, 0.6) is 0 Å². The van der Waals surface area contributed by atoms with Gasteiger partial charge in [-0.1, -0.05) is 146 Å². The molecule has 0 saturated carbocycles. The largest absolute Gasteiger partial charge is 0.258 e. The van der Waals surface area contributed by atoms with E-state index in [-0.39, 0.29) is 0 Å². The van der Waals surface area contributed by atoms with Crippen molar-refractivity contribution in [2.75, 3.05) is 0 Å². The highest BCUT2D eigenvalue weighted by atomic mass is 15.0. The van der Waals surface area contributed by atoms with E-state index in [4.69, 9.17) is 15.0 Å². The van der Waals surface area contributed by atoms with Crippen LogP contribution in [0, 0.1) is 13.8 Å². The van der Waals surface area contributed by atoms with Crippen LogP contribution >= 0.6 is 0 Å². The number of rotatable bonds is 7. The van der Waals surface area contributed by atoms with Gasteiger partial charge >= 0.3 is 0 Å². The Labute approximate surface area is 315 Å². The topological polar surface area (TPSA) is 51.6 Å². The Bertz CT molecular complexity index is 2680. The van der Waals surface area contributed by atoms with Crippen LogP contribution in [-0.4, -0.2) is 19.9 Å². The Balaban J connectivity index is 1.14. The number of aromatic nitrogens is 4. The van der Waals surface area contributed by atoms with Crippen LogP contribution in [-0.2, 0) is 0 Å². The minimum Gasteiger partial charge on any atom is -0.258 e. The van der Waals surface area contributed by atoms with E-state index < -0.39 is 0 Å². The maximum Gasteiger partial charge on any atom is 0.164 e. The van der Waals surface area contributed by atoms with Crippen LogP contribution < -0.4 is 0 Å². The van der Waals surface area contributed by atoms with Crippen molar-refractivity contribution in [2.24, 2.45) is 0 Å². The molecule has 0 spiro atoms. The molecule has 0 amide bonds. The van der Waals surface area contributed by atoms with Gasteiger partial charge in [-0.25, -0.2) is 15.0 Å². The second-order valence-corrected chi connectivity index (χ2v) is 13.7. The standard InChI is InChI=1S/C50H36N4/c1-33-27-44(28-34(2)51-33)38-21-17-36(18-22-38)37-19-23-39(24-20-37)45-30-46(43-26-25-35-11-9-10-16-42(35)29-43)32-47(31-45)50-53-48(40-12-5-3-6-13-40)52-49(54-50)41-14-7-4-8-15-41/h3-32H,1-2H3. The third-order valence-electron chi connectivity index (χ3n) is 9.82. The maximum absolute atomic E-state index is 5.09. The lowest BCUT2D eigenvalue weighted by Gasteiger charge is -2.13. The van der Waals surface area contributed by atoms with Crippen molar-refractivity contribution in [3.63, 3.8) is 0 Å². The summed E-state index contributed by atoms with van der Waals surface area (Å²) in [7, 11) is 0. The summed E-state index contributed by atoms with van der Waals surface area (Å²) in [6, 6.07) is 63.9. The van der Waals surface area contributed by atoms with Gasteiger partial charge in [-0.3, -0.25) is 4.98 Å². The Morgan fingerprint density at radius 3 is 1.13 bits per heavy atom. The van der Waals surface area contributed by atoms with Crippen molar-refractivity contribution in [3.05, 3.63) is 193 Å². The van der Waals surface area contributed by atoms with Crippen LogP contribution in [0.3, 0.4) is 0 Å². The molecule has 0 unspecified atom stereocenters. The highest BCUT2D eigenvalue weighted by Crippen LogP contribution is 2.35. The van der Waals surface area contributed by atoms with Gasteiger partial charge in [0.2, 0.25) is 0 Å². The smallest absolute Gasteiger partial charge is 0.164 e. The second kappa shape index (κ2) is 14.2. The molecule has 0 radical (unpaired) electrons. The number of hydrogen-bond donors (Lipinski definition) is 0. The van der Waals surface area contributed by atoms with Crippen LogP contribution in [0.4, 0.5) is 0 Å². The Hall–Kier alpha value is -7.04. The van der Waals surface area contributed by atoms with Crippen LogP contribution in [0.25, 0.3) is 89.4 Å². The van der Waals surface area contributed by atoms with Gasteiger partial charge in [0.15, 0.2) is 17.5 Å². The average molecular weight is 693 g/mol. The molecule has 2 heterocycles. The first-order valence-corrected chi connectivity index (χ1v) is 18.2. The fourth-order valence-corrected chi connectivity index (χ4v) is 7.11. The third-order valence-corrected chi connectivity index (χ3v) is 9.82. The number of hydrogen-bond acceptors (Lipinski definition) is 4. The van der Waals surface area contributed by atoms with Crippen molar-refractivity contribution >= 4 is 10.8 Å². The van der Waals surface area contributed by atoms with E-state index in [9.17, 15) is 0 Å². The monoisotopic (exact) mass is 692 g/mol. The van der Waals surface area contributed by atoms with Crippen molar-refractivity contribution in [2.45, 2.75) is 13.8 Å². The summed E-state index contributed by atoms with van der Waals surface area (Å²) >= 11 is 0. The van der Waals surface area contributed by atoms with E-state index in [0.717, 1.165) is 55.9 Å². The van der Waals surface area contributed by atoms with E-state index in [2.05, 4.69) is 126 Å². The van der Waals surface area contributed by atoms with Gasteiger partial charge in [-0.15, -0.1) is 0 Å². The lowest BCUT2D eigenvalue weighted by Crippen LogP contribution is -2.00. The molecule has 4 heteroatoms. The molecular formula is C50H36N4. The van der Waals surface area contributed by atoms with E-state index >= 15 is 0 Å². The van der Waals surface area contributed by atoms with E-state index in [1.165, 1.54) is 27.5 Å². The summed E-state index contributed by atoms with van der Waals surface area (Å²) < 4.78 is 0. The molecule has 0 N–H and O–H groups in total. The molecule has 9 aromatic rings. The molecule has 0 saturated heterocycles. The number of fused-ring (bicyclic) bond motifs is 1. The van der Waals surface area contributed by atoms with Crippen LogP contribution in [0.2, 0.25) is 0 Å². The molecule has 0 bridgehead atoms. The zero-order chi connectivity index (χ0) is 36.4. The highest BCUT2D eigenvalue weighted by molar-refractivity contribution is 5.89. The summed E-state index contributed by atoms with van der Waals surface area (Å²) in [5, 5.41) is 2.41. The predicted molar refractivity (Wildman–Crippen MR) is 223 cm³/mol. The summed E-state index contributed by atoms with van der Waals surface area (Å²) in [5.74, 6) is 1.91. The van der Waals surface area contributed by atoms with Crippen molar-refractivity contribution in [1.82, 2.24) is 19.9 Å². The van der Waals surface area contributed by atoms with Crippen LogP contribution in [0.1, 0.15) is 11.4 Å². The number of nitrogens with zero attached hydrogens (tertiary/aromatic N) is 4. The Kier molecular flexibility index (Phi) is 8.62. The molecule has 7 aromatic carbocycles. The molecule has 256 valence electrons. The quantitative estimate of drug-likeness (QED) is 0.167. The summed E-state index contributed by atoms with van der Waals surface area (Å²) in [5.41, 5.74) is 14.0. The normalized spacial score (nSPS) is 11.1. The van der Waals surface area contributed by atoms with Gasteiger partial charge in [0, 0.05) is 28.1 Å². The first kappa shape index (κ1) is 32.8. The van der Waals surface area contributed by atoms with Crippen molar-refractivity contribution in [3.8, 4) is 78.7 Å². The molecule has 2 aromatic heterocycles. The van der Waals surface area contributed by atoms with Gasteiger partial charge < -0.3 is 0 Å². The Morgan fingerprint density at radius 2 is 0.611 bits per heavy atom. The van der Waals surface area contributed by atoms with Gasteiger partial charge in [-0.05, 0) is 106 Å². The third kappa shape index (κ3) is 6.81. The zero-order valence-corrected chi connectivity index (χ0v) is 30.1. The first-order valence-electron chi connectivity index (χ1n) is 18.2. The summed E-state index contributed by atoms with van der Waals surface area (Å²) in [4.78, 5) is 19.6. The molecule has 0 aliphatic rings. The van der Waals surface area contributed by atoms with Crippen molar-refractivity contribution < 1.29 is 0 Å². The summed E-state index contributed by atoms with van der Waals surface area (Å²) in [6.45, 7) is 4.09. The van der Waals surface area contributed by atoms with Crippen molar-refractivity contribution in [1.29, 1.82) is 0 Å². The van der Waals surface area contributed by atoms with E-state index in [1.807, 2.05) is 74.5 Å². The Morgan fingerprint density at radius 1 is 0.241 bits per heavy atom. The average Bonchev–Trinajstić information content (AvgIpc) is 3.23. The number of pyridine rings is 1. The fourth-order valence-electron chi connectivity index (χ4n) is 7.11. The van der Waals surface area contributed by atoms with Crippen LogP contribution in [0.15, 0.2) is 182 Å². The van der Waals surface area contributed by atoms with E-state index in [0.29, 0.717) is 17.5 Å². The molecular weight excluding hydrogens is 657 g/mol. The molecule has 54 heavy (non-hydrogen) atoms. The van der Waals surface area contributed by atoms with Gasteiger partial charge in [-0.2, -0.15) is 0 Å². The first-order chi connectivity index (χ1) is 26.5. The zero-order valence-electron chi connectivity index (χ0n) is 30.1. The molecule has 0 fully saturated rings.